The number of halogens is 1. The first-order valence-corrected chi connectivity index (χ1v) is 5.18. The second-order valence-electron chi connectivity index (χ2n) is 4.13. The van der Waals surface area contributed by atoms with Crippen LogP contribution in [-0.2, 0) is 0 Å². The van der Waals surface area contributed by atoms with Gasteiger partial charge in [0.25, 0.3) is 0 Å². The van der Waals surface area contributed by atoms with Crippen LogP contribution in [-0.4, -0.2) is 17.6 Å². The fourth-order valence-corrected chi connectivity index (χ4v) is 1.92. The number of aromatic nitrogens is 2. The number of fused-ring (bicyclic) bond motifs is 1. The molecule has 1 aliphatic carbocycles. The van der Waals surface area contributed by atoms with E-state index in [9.17, 15) is 4.39 Å². The monoisotopic (exact) mass is 200 g/mol. The van der Waals surface area contributed by atoms with Gasteiger partial charge in [-0.15, -0.1) is 0 Å². The zero-order valence-electron chi connectivity index (χ0n) is 8.28. The van der Waals surface area contributed by atoms with Crippen molar-refractivity contribution < 1.29 is 4.39 Å². The van der Waals surface area contributed by atoms with E-state index in [1.807, 2.05) is 10.9 Å². The fourth-order valence-electron chi connectivity index (χ4n) is 1.92. The van der Waals surface area contributed by atoms with E-state index in [4.69, 9.17) is 7.85 Å². The molecule has 1 aliphatic rings. The molecule has 2 radical (unpaired) electrons. The lowest BCUT2D eigenvalue weighted by Gasteiger charge is -2.25. The summed E-state index contributed by atoms with van der Waals surface area (Å²) < 4.78 is 15.1. The molecule has 2 aromatic rings. The molecule has 0 spiro atoms. The predicted molar refractivity (Wildman–Crippen MR) is 58.0 cm³/mol. The number of hydrogen-bond donors (Lipinski definition) is 0. The largest absolute Gasteiger partial charge is 0.268 e. The number of hydrogen-bond acceptors (Lipinski definition) is 1. The fraction of sp³-hybridized carbons (Fsp3) is 0.364. The molecule has 1 saturated carbocycles. The summed E-state index contributed by atoms with van der Waals surface area (Å²) in [6.45, 7) is 0. The lowest BCUT2D eigenvalue weighted by atomic mass is 9.93. The van der Waals surface area contributed by atoms with Crippen molar-refractivity contribution in [2.24, 2.45) is 0 Å². The summed E-state index contributed by atoms with van der Waals surface area (Å²) in [6, 6.07) is 3.55. The normalized spacial score (nSPS) is 16.9. The van der Waals surface area contributed by atoms with E-state index in [2.05, 4.69) is 5.10 Å². The van der Waals surface area contributed by atoms with Crippen molar-refractivity contribution in [2.45, 2.75) is 25.3 Å². The topological polar surface area (TPSA) is 17.8 Å². The first-order chi connectivity index (χ1) is 7.24. The van der Waals surface area contributed by atoms with E-state index >= 15 is 0 Å². The van der Waals surface area contributed by atoms with Crippen LogP contribution in [0.1, 0.15) is 25.3 Å². The molecule has 3 rings (SSSR count). The Bertz CT molecular complexity index is 478. The second kappa shape index (κ2) is 3.09. The van der Waals surface area contributed by atoms with Crippen molar-refractivity contribution in [1.82, 2.24) is 9.78 Å². The highest BCUT2D eigenvalue weighted by Crippen LogP contribution is 2.31. The maximum atomic E-state index is 13.2. The minimum atomic E-state index is -0.388. The maximum Gasteiger partial charge on any atom is 0.118 e. The Hall–Kier alpha value is -1.32. The van der Waals surface area contributed by atoms with Gasteiger partial charge in [0.15, 0.2) is 0 Å². The number of benzene rings is 1. The molecule has 15 heavy (non-hydrogen) atoms. The van der Waals surface area contributed by atoms with Gasteiger partial charge in [-0.2, -0.15) is 5.10 Å². The SMILES string of the molecule is [B]c1cc2cn(C3CCC3)nc2cc1F. The van der Waals surface area contributed by atoms with Gasteiger partial charge in [0.2, 0.25) is 0 Å². The Morgan fingerprint density at radius 3 is 2.87 bits per heavy atom. The van der Waals surface area contributed by atoms with Gasteiger partial charge in [0.1, 0.15) is 13.7 Å². The lowest BCUT2D eigenvalue weighted by molar-refractivity contribution is 0.291. The van der Waals surface area contributed by atoms with Crippen LogP contribution in [0.15, 0.2) is 18.3 Å². The zero-order chi connectivity index (χ0) is 10.4. The second-order valence-corrected chi connectivity index (χ2v) is 4.13. The van der Waals surface area contributed by atoms with Crippen molar-refractivity contribution in [1.29, 1.82) is 0 Å². The molecule has 0 amide bonds. The summed E-state index contributed by atoms with van der Waals surface area (Å²) in [5.74, 6) is -0.388. The number of nitrogens with zero attached hydrogens (tertiary/aromatic N) is 2. The van der Waals surface area contributed by atoms with Gasteiger partial charge >= 0.3 is 0 Å². The van der Waals surface area contributed by atoms with E-state index in [0.29, 0.717) is 11.6 Å². The van der Waals surface area contributed by atoms with E-state index in [1.165, 1.54) is 25.3 Å². The van der Waals surface area contributed by atoms with Gasteiger partial charge in [-0.3, -0.25) is 4.68 Å². The van der Waals surface area contributed by atoms with Crippen LogP contribution in [0.2, 0.25) is 0 Å². The average Bonchev–Trinajstić information content (AvgIpc) is 2.45. The van der Waals surface area contributed by atoms with Gasteiger partial charge < -0.3 is 0 Å². The molecule has 0 unspecified atom stereocenters. The average molecular weight is 200 g/mol. The van der Waals surface area contributed by atoms with Gasteiger partial charge in [-0.25, -0.2) is 4.39 Å². The minimum absolute atomic E-state index is 0.190. The van der Waals surface area contributed by atoms with Crippen molar-refractivity contribution in [3.8, 4) is 0 Å². The maximum absolute atomic E-state index is 13.2. The molecule has 1 aromatic heterocycles. The van der Waals surface area contributed by atoms with Gasteiger partial charge in [0.05, 0.1) is 11.6 Å². The Morgan fingerprint density at radius 1 is 1.40 bits per heavy atom. The predicted octanol–water partition coefficient (Wildman–Crippen LogP) is 1.69. The van der Waals surface area contributed by atoms with Gasteiger partial charge in [0, 0.05) is 17.6 Å². The van der Waals surface area contributed by atoms with Crippen LogP contribution < -0.4 is 5.46 Å². The van der Waals surface area contributed by atoms with E-state index in [0.717, 1.165) is 5.39 Å². The Labute approximate surface area is 88.5 Å². The molecule has 1 aromatic carbocycles. The Balaban J connectivity index is 2.12. The summed E-state index contributed by atoms with van der Waals surface area (Å²) in [6.07, 6.45) is 5.56. The Morgan fingerprint density at radius 2 is 2.20 bits per heavy atom. The summed E-state index contributed by atoms with van der Waals surface area (Å²) >= 11 is 0. The highest BCUT2D eigenvalue weighted by molar-refractivity contribution is 6.33. The summed E-state index contributed by atoms with van der Waals surface area (Å²) in [5, 5.41) is 5.28. The highest BCUT2D eigenvalue weighted by atomic mass is 19.1. The smallest absolute Gasteiger partial charge is 0.118 e. The van der Waals surface area contributed by atoms with Crippen molar-refractivity contribution in [2.75, 3.05) is 0 Å². The van der Waals surface area contributed by atoms with Crippen LogP contribution >= 0.6 is 0 Å². The molecule has 0 saturated heterocycles. The van der Waals surface area contributed by atoms with E-state index in [1.54, 1.807) is 6.07 Å². The molecule has 1 fully saturated rings. The zero-order valence-corrected chi connectivity index (χ0v) is 8.28. The molecule has 1 heterocycles. The van der Waals surface area contributed by atoms with Crippen LogP contribution in [0, 0.1) is 5.82 Å². The molecule has 0 atom stereocenters. The van der Waals surface area contributed by atoms with Crippen molar-refractivity contribution in [3.05, 3.63) is 24.1 Å². The molecule has 0 N–H and O–H groups in total. The highest BCUT2D eigenvalue weighted by Gasteiger charge is 2.20. The van der Waals surface area contributed by atoms with Crippen molar-refractivity contribution in [3.63, 3.8) is 0 Å². The molecule has 2 nitrogen and oxygen atoms in total. The third-order valence-corrected chi connectivity index (χ3v) is 3.09. The first kappa shape index (κ1) is 8.95. The van der Waals surface area contributed by atoms with E-state index < -0.39 is 0 Å². The molecular formula is C11H10BFN2. The standard InChI is InChI=1S/C11H10BFN2/c12-9-4-7-6-15(8-2-1-3-8)14-11(7)5-10(9)13/h4-6,8H,1-3H2. The minimum Gasteiger partial charge on any atom is -0.268 e. The van der Waals surface area contributed by atoms with Crippen LogP contribution in [0.3, 0.4) is 0 Å². The molecule has 4 heteroatoms. The quantitative estimate of drug-likeness (QED) is 0.640. The first-order valence-electron chi connectivity index (χ1n) is 5.18. The molecule has 0 aliphatic heterocycles. The molecule has 0 bridgehead atoms. The summed E-state index contributed by atoms with van der Waals surface area (Å²) in [7, 11) is 5.51. The van der Waals surface area contributed by atoms with Gasteiger partial charge in [-0.05, 0) is 19.3 Å². The van der Waals surface area contributed by atoms with E-state index in [-0.39, 0.29) is 11.3 Å². The third kappa shape index (κ3) is 1.36. The van der Waals surface area contributed by atoms with Crippen LogP contribution in [0.5, 0.6) is 0 Å². The van der Waals surface area contributed by atoms with Crippen LogP contribution in [0.25, 0.3) is 10.9 Å². The van der Waals surface area contributed by atoms with Gasteiger partial charge in [-0.1, -0.05) is 11.5 Å². The number of rotatable bonds is 1. The Kier molecular flexibility index (Phi) is 1.84. The van der Waals surface area contributed by atoms with Crippen LogP contribution in [0.4, 0.5) is 4.39 Å². The summed E-state index contributed by atoms with van der Waals surface area (Å²) in [4.78, 5) is 0. The summed E-state index contributed by atoms with van der Waals surface area (Å²) in [5.41, 5.74) is 0.879. The molecular weight excluding hydrogens is 190 g/mol. The lowest BCUT2D eigenvalue weighted by Crippen LogP contribution is -2.16. The van der Waals surface area contributed by atoms with Crippen molar-refractivity contribution >= 4 is 24.2 Å². The molecule has 74 valence electrons. The third-order valence-electron chi connectivity index (χ3n) is 3.09.